The zero-order valence-corrected chi connectivity index (χ0v) is 10.6. The third kappa shape index (κ3) is 1.56. The molecule has 0 N–H and O–H groups in total. The summed E-state index contributed by atoms with van der Waals surface area (Å²) in [4.78, 5) is 15.9. The first-order valence-corrected chi connectivity index (χ1v) is 5.94. The number of halogens is 1. The normalized spacial score (nSPS) is 11.2. The minimum Gasteiger partial charge on any atom is -0.421 e. The first kappa shape index (κ1) is 10.5. The van der Waals surface area contributed by atoms with E-state index < -0.39 is 5.63 Å². The van der Waals surface area contributed by atoms with Crippen LogP contribution in [0.4, 0.5) is 0 Å². The number of aryl methyl sites for hydroxylation is 1. The number of hydrogen-bond donors (Lipinski definition) is 0. The second kappa shape index (κ2) is 3.67. The fourth-order valence-electron chi connectivity index (χ4n) is 1.99. The summed E-state index contributed by atoms with van der Waals surface area (Å²) in [5, 5.41) is 1.76. The van der Waals surface area contributed by atoms with E-state index in [0.717, 1.165) is 20.8 Å². The van der Waals surface area contributed by atoms with Gasteiger partial charge in [-0.25, -0.2) is 9.78 Å². The molecule has 3 rings (SSSR count). The first-order chi connectivity index (χ1) is 8.16. The van der Waals surface area contributed by atoms with Crippen LogP contribution in [0.2, 0.25) is 0 Å². The molecule has 0 atom stereocenters. The Morgan fingerprint density at radius 2 is 2.12 bits per heavy atom. The van der Waals surface area contributed by atoms with Gasteiger partial charge in [0.25, 0.3) is 0 Å². The SMILES string of the molecule is Cc1ccnc2c(=O)oc3ccc(Br)cc3c12. The standard InChI is InChI=1S/C13H8BrNO2/c1-7-4-5-15-12-11(7)9-6-8(14)2-3-10(9)17-13(12)16/h2-6H,1H3. The molecule has 3 nitrogen and oxygen atoms in total. The Balaban J connectivity index is 2.70. The fraction of sp³-hybridized carbons (Fsp3) is 0.0769. The van der Waals surface area contributed by atoms with Gasteiger partial charge in [0, 0.05) is 21.4 Å². The summed E-state index contributed by atoms with van der Waals surface area (Å²) < 4.78 is 6.19. The lowest BCUT2D eigenvalue weighted by Gasteiger charge is -2.04. The lowest BCUT2D eigenvalue weighted by Crippen LogP contribution is -2.02. The van der Waals surface area contributed by atoms with E-state index >= 15 is 0 Å². The van der Waals surface area contributed by atoms with Crippen LogP contribution in [0.1, 0.15) is 5.56 Å². The number of aromatic nitrogens is 1. The monoisotopic (exact) mass is 289 g/mol. The van der Waals surface area contributed by atoms with E-state index in [1.807, 2.05) is 25.1 Å². The van der Waals surface area contributed by atoms with Gasteiger partial charge in [0.2, 0.25) is 0 Å². The molecule has 0 radical (unpaired) electrons. The topological polar surface area (TPSA) is 43.1 Å². The summed E-state index contributed by atoms with van der Waals surface area (Å²) in [5.41, 5.74) is 1.60. The minimum absolute atomic E-state index is 0.385. The molecule has 4 heteroatoms. The smallest absolute Gasteiger partial charge is 0.363 e. The number of hydrogen-bond acceptors (Lipinski definition) is 3. The van der Waals surface area contributed by atoms with E-state index in [9.17, 15) is 4.79 Å². The molecule has 3 aromatic rings. The van der Waals surface area contributed by atoms with Crippen LogP contribution in [-0.4, -0.2) is 4.98 Å². The Morgan fingerprint density at radius 1 is 1.29 bits per heavy atom. The Bertz CT molecular complexity index is 792. The van der Waals surface area contributed by atoms with Crippen LogP contribution in [0.25, 0.3) is 21.9 Å². The number of pyridine rings is 1. The van der Waals surface area contributed by atoms with Crippen molar-refractivity contribution in [1.29, 1.82) is 0 Å². The molecule has 0 aliphatic heterocycles. The van der Waals surface area contributed by atoms with Gasteiger partial charge in [0.15, 0.2) is 5.52 Å². The van der Waals surface area contributed by atoms with E-state index in [-0.39, 0.29) is 0 Å². The van der Waals surface area contributed by atoms with Crippen LogP contribution in [0.3, 0.4) is 0 Å². The molecule has 0 aliphatic rings. The van der Waals surface area contributed by atoms with Gasteiger partial charge in [0.1, 0.15) is 5.58 Å². The molecule has 2 heterocycles. The molecule has 0 amide bonds. The van der Waals surface area contributed by atoms with Crippen LogP contribution in [0.15, 0.2) is 44.1 Å². The van der Waals surface area contributed by atoms with Gasteiger partial charge in [-0.3, -0.25) is 0 Å². The predicted octanol–water partition coefficient (Wildman–Crippen LogP) is 3.41. The summed E-state index contributed by atoms with van der Waals surface area (Å²) in [7, 11) is 0. The van der Waals surface area contributed by atoms with Crippen molar-refractivity contribution in [3.05, 3.63) is 50.9 Å². The maximum atomic E-state index is 11.8. The highest BCUT2D eigenvalue weighted by Crippen LogP contribution is 2.26. The average molecular weight is 290 g/mol. The molecule has 0 spiro atoms. The highest BCUT2D eigenvalue weighted by Gasteiger charge is 2.10. The lowest BCUT2D eigenvalue weighted by molar-refractivity contribution is 0.567. The van der Waals surface area contributed by atoms with Crippen molar-refractivity contribution in [3.63, 3.8) is 0 Å². The third-order valence-electron chi connectivity index (χ3n) is 2.77. The number of fused-ring (bicyclic) bond motifs is 3. The Kier molecular flexibility index (Phi) is 2.26. The van der Waals surface area contributed by atoms with Crippen LogP contribution in [0, 0.1) is 6.92 Å². The Labute approximate surface area is 105 Å². The van der Waals surface area contributed by atoms with Crippen molar-refractivity contribution in [3.8, 4) is 0 Å². The van der Waals surface area contributed by atoms with Crippen molar-refractivity contribution in [2.75, 3.05) is 0 Å². The second-order valence-electron chi connectivity index (χ2n) is 3.88. The third-order valence-corrected chi connectivity index (χ3v) is 3.26. The number of nitrogens with zero attached hydrogens (tertiary/aromatic N) is 1. The van der Waals surface area contributed by atoms with Crippen LogP contribution in [-0.2, 0) is 0 Å². The molecule has 0 fully saturated rings. The Hall–Kier alpha value is -1.68. The maximum absolute atomic E-state index is 11.8. The quantitative estimate of drug-likeness (QED) is 0.470. The number of rotatable bonds is 0. The number of benzene rings is 1. The van der Waals surface area contributed by atoms with Gasteiger partial charge in [-0.05, 0) is 36.8 Å². The fourth-order valence-corrected chi connectivity index (χ4v) is 2.35. The molecular weight excluding hydrogens is 282 g/mol. The maximum Gasteiger partial charge on any atom is 0.363 e. The lowest BCUT2D eigenvalue weighted by atomic mass is 10.1. The summed E-state index contributed by atoms with van der Waals surface area (Å²) in [6.45, 7) is 1.96. The molecule has 0 unspecified atom stereocenters. The van der Waals surface area contributed by atoms with Gasteiger partial charge >= 0.3 is 5.63 Å². The van der Waals surface area contributed by atoms with Crippen LogP contribution >= 0.6 is 15.9 Å². The molecule has 1 aromatic carbocycles. The van der Waals surface area contributed by atoms with Gasteiger partial charge in [-0.1, -0.05) is 15.9 Å². The first-order valence-electron chi connectivity index (χ1n) is 5.14. The predicted molar refractivity (Wildman–Crippen MR) is 70.2 cm³/mol. The van der Waals surface area contributed by atoms with Crippen LogP contribution in [0.5, 0.6) is 0 Å². The van der Waals surface area contributed by atoms with Crippen molar-refractivity contribution < 1.29 is 4.42 Å². The molecule has 0 saturated carbocycles. The molecule has 0 saturated heterocycles. The molecule has 17 heavy (non-hydrogen) atoms. The zero-order chi connectivity index (χ0) is 12.0. The van der Waals surface area contributed by atoms with E-state index in [1.54, 1.807) is 12.3 Å². The molecule has 84 valence electrons. The highest BCUT2D eigenvalue weighted by molar-refractivity contribution is 9.10. The summed E-state index contributed by atoms with van der Waals surface area (Å²) in [6.07, 6.45) is 1.62. The van der Waals surface area contributed by atoms with E-state index in [4.69, 9.17) is 4.42 Å². The van der Waals surface area contributed by atoms with Crippen molar-refractivity contribution in [1.82, 2.24) is 4.98 Å². The summed E-state index contributed by atoms with van der Waals surface area (Å²) in [5.74, 6) is 0. The molecular formula is C13H8BrNO2. The average Bonchev–Trinajstić information content (AvgIpc) is 2.30. The van der Waals surface area contributed by atoms with Crippen molar-refractivity contribution in [2.24, 2.45) is 0 Å². The van der Waals surface area contributed by atoms with E-state index in [2.05, 4.69) is 20.9 Å². The highest BCUT2D eigenvalue weighted by atomic mass is 79.9. The molecule has 0 bridgehead atoms. The second-order valence-corrected chi connectivity index (χ2v) is 4.80. The van der Waals surface area contributed by atoms with Crippen molar-refractivity contribution in [2.45, 2.75) is 6.92 Å². The van der Waals surface area contributed by atoms with Gasteiger partial charge in [0.05, 0.1) is 0 Å². The minimum atomic E-state index is -0.390. The van der Waals surface area contributed by atoms with Crippen LogP contribution < -0.4 is 5.63 Å². The zero-order valence-electron chi connectivity index (χ0n) is 9.03. The van der Waals surface area contributed by atoms with E-state index in [0.29, 0.717) is 11.1 Å². The van der Waals surface area contributed by atoms with Gasteiger partial charge in [-0.2, -0.15) is 0 Å². The molecule has 2 aromatic heterocycles. The van der Waals surface area contributed by atoms with Gasteiger partial charge < -0.3 is 4.42 Å². The molecule has 0 aliphatic carbocycles. The Morgan fingerprint density at radius 3 is 2.94 bits per heavy atom. The summed E-state index contributed by atoms with van der Waals surface area (Å²) >= 11 is 3.42. The van der Waals surface area contributed by atoms with Gasteiger partial charge in [-0.15, -0.1) is 0 Å². The summed E-state index contributed by atoms with van der Waals surface area (Å²) in [6, 6.07) is 7.47. The van der Waals surface area contributed by atoms with E-state index in [1.165, 1.54) is 0 Å². The largest absolute Gasteiger partial charge is 0.421 e. The van der Waals surface area contributed by atoms with Crippen molar-refractivity contribution >= 4 is 37.8 Å².